The molecule has 0 bridgehead atoms. The second-order valence-corrected chi connectivity index (χ2v) is 4.85. The molecule has 0 aromatic rings. The van der Waals surface area contributed by atoms with Crippen molar-refractivity contribution in [1.29, 1.82) is 0 Å². The van der Waals surface area contributed by atoms with E-state index in [-0.39, 0.29) is 5.91 Å². The molecule has 1 aliphatic carbocycles. The van der Waals surface area contributed by atoms with Crippen molar-refractivity contribution in [2.75, 3.05) is 6.54 Å². The van der Waals surface area contributed by atoms with Crippen molar-refractivity contribution in [3.63, 3.8) is 0 Å². The third kappa shape index (κ3) is 4.65. The van der Waals surface area contributed by atoms with Gasteiger partial charge in [-0.05, 0) is 32.1 Å². The lowest BCUT2D eigenvalue weighted by Gasteiger charge is -2.33. The molecule has 0 aromatic carbocycles. The summed E-state index contributed by atoms with van der Waals surface area (Å²) in [6.45, 7) is 7.21. The van der Waals surface area contributed by atoms with E-state index in [9.17, 15) is 4.79 Å². The molecular formula is C12H24N2O. The third-order valence-electron chi connectivity index (χ3n) is 3.18. The van der Waals surface area contributed by atoms with Crippen molar-refractivity contribution in [3.8, 4) is 0 Å². The summed E-state index contributed by atoms with van der Waals surface area (Å²) >= 11 is 0. The van der Waals surface area contributed by atoms with Crippen LogP contribution in [0.5, 0.6) is 0 Å². The van der Waals surface area contributed by atoms with Crippen molar-refractivity contribution in [1.82, 2.24) is 10.6 Å². The Hall–Kier alpha value is -0.570. The highest BCUT2D eigenvalue weighted by atomic mass is 16.1. The number of rotatable bonds is 6. The number of amides is 1. The Bertz CT molecular complexity index is 200. The average molecular weight is 212 g/mol. The second kappa shape index (κ2) is 6.11. The Morgan fingerprint density at radius 1 is 1.47 bits per heavy atom. The highest BCUT2D eigenvalue weighted by Crippen LogP contribution is 2.25. The highest BCUT2D eigenvalue weighted by molar-refractivity contribution is 5.76. The fourth-order valence-electron chi connectivity index (χ4n) is 1.91. The Morgan fingerprint density at radius 2 is 2.13 bits per heavy atom. The molecule has 1 fully saturated rings. The van der Waals surface area contributed by atoms with Crippen LogP contribution in [-0.2, 0) is 4.79 Å². The molecule has 3 heteroatoms. The predicted octanol–water partition coefficient (Wildman–Crippen LogP) is 1.68. The molecule has 0 aliphatic heterocycles. The molecule has 2 N–H and O–H groups in total. The van der Waals surface area contributed by atoms with Crippen LogP contribution in [-0.4, -0.2) is 24.5 Å². The lowest BCUT2D eigenvalue weighted by molar-refractivity contribution is -0.121. The van der Waals surface area contributed by atoms with Gasteiger partial charge in [0.05, 0.1) is 0 Å². The molecule has 0 aromatic heterocycles. The van der Waals surface area contributed by atoms with Crippen LogP contribution in [0, 0.1) is 5.92 Å². The smallest absolute Gasteiger partial charge is 0.221 e. The lowest BCUT2D eigenvalue weighted by atomic mass is 9.82. The maximum absolute atomic E-state index is 11.4. The monoisotopic (exact) mass is 212 g/mol. The van der Waals surface area contributed by atoms with E-state index < -0.39 is 0 Å². The fourth-order valence-corrected chi connectivity index (χ4v) is 1.91. The molecule has 1 rings (SSSR count). The molecule has 88 valence electrons. The minimum Gasteiger partial charge on any atom is -0.354 e. The Morgan fingerprint density at radius 3 is 2.67 bits per heavy atom. The molecule has 0 saturated heterocycles. The molecule has 15 heavy (non-hydrogen) atoms. The molecular weight excluding hydrogens is 188 g/mol. The van der Waals surface area contributed by atoms with Crippen molar-refractivity contribution in [2.24, 2.45) is 5.92 Å². The summed E-state index contributed by atoms with van der Waals surface area (Å²) in [4.78, 5) is 11.4. The van der Waals surface area contributed by atoms with Crippen LogP contribution in [0.15, 0.2) is 0 Å². The van der Waals surface area contributed by atoms with E-state index in [1.807, 2.05) is 6.92 Å². The zero-order valence-corrected chi connectivity index (χ0v) is 10.2. The molecule has 0 radical (unpaired) electrons. The number of carbonyl (C=O) groups excluding carboxylic acids is 1. The van der Waals surface area contributed by atoms with Crippen LogP contribution < -0.4 is 10.6 Å². The highest BCUT2D eigenvalue weighted by Gasteiger charge is 2.24. The summed E-state index contributed by atoms with van der Waals surface area (Å²) in [6, 6.07) is 0.970. The van der Waals surface area contributed by atoms with Gasteiger partial charge in [0, 0.05) is 25.0 Å². The molecule has 1 atom stereocenters. The SMILES string of the molecule is CCC(C)NC(=O)CCNC1CC(C)C1. The predicted molar refractivity (Wildman–Crippen MR) is 62.7 cm³/mol. The van der Waals surface area contributed by atoms with Gasteiger partial charge in [0.15, 0.2) is 0 Å². The average Bonchev–Trinajstić information content (AvgIpc) is 2.14. The minimum absolute atomic E-state index is 0.171. The molecule has 0 heterocycles. The van der Waals surface area contributed by atoms with Gasteiger partial charge >= 0.3 is 0 Å². The summed E-state index contributed by atoms with van der Waals surface area (Å²) in [7, 11) is 0. The summed E-state index contributed by atoms with van der Waals surface area (Å²) in [5, 5.41) is 6.38. The van der Waals surface area contributed by atoms with Crippen molar-refractivity contribution >= 4 is 5.91 Å². The van der Waals surface area contributed by atoms with Gasteiger partial charge in [-0.2, -0.15) is 0 Å². The zero-order chi connectivity index (χ0) is 11.3. The van der Waals surface area contributed by atoms with E-state index in [1.165, 1.54) is 12.8 Å². The van der Waals surface area contributed by atoms with Crippen LogP contribution >= 0.6 is 0 Å². The minimum atomic E-state index is 0.171. The normalized spacial score (nSPS) is 26.9. The quantitative estimate of drug-likeness (QED) is 0.703. The van der Waals surface area contributed by atoms with Gasteiger partial charge in [-0.1, -0.05) is 13.8 Å². The Labute approximate surface area is 93.0 Å². The van der Waals surface area contributed by atoms with E-state index in [1.54, 1.807) is 0 Å². The van der Waals surface area contributed by atoms with Crippen LogP contribution in [0.3, 0.4) is 0 Å². The van der Waals surface area contributed by atoms with Crippen molar-refractivity contribution in [3.05, 3.63) is 0 Å². The Balaban J connectivity index is 1.97. The number of hydrogen-bond acceptors (Lipinski definition) is 2. The molecule has 1 unspecified atom stereocenters. The molecule has 1 amide bonds. The van der Waals surface area contributed by atoms with E-state index >= 15 is 0 Å². The lowest BCUT2D eigenvalue weighted by Crippen LogP contribution is -2.42. The topological polar surface area (TPSA) is 41.1 Å². The first-order chi connectivity index (χ1) is 7.11. The molecule has 1 aliphatic rings. The van der Waals surface area contributed by atoms with Gasteiger partial charge in [-0.3, -0.25) is 4.79 Å². The summed E-state index contributed by atoms with van der Waals surface area (Å²) < 4.78 is 0. The first-order valence-corrected chi connectivity index (χ1v) is 6.14. The zero-order valence-electron chi connectivity index (χ0n) is 10.2. The summed E-state index contributed by atoms with van der Waals surface area (Å²) in [5.74, 6) is 1.04. The van der Waals surface area contributed by atoms with E-state index in [0.717, 1.165) is 18.9 Å². The molecule has 3 nitrogen and oxygen atoms in total. The standard InChI is InChI=1S/C12H24N2O/c1-4-10(3)14-12(15)5-6-13-11-7-9(2)8-11/h9-11,13H,4-8H2,1-3H3,(H,14,15). The van der Waals surface area contributed by atoms with E-state index in [2.05, 4.69) is 24.5 Å². The summed E-state index contributed by atoms with van der Waals surface area (Å²) in [5.41, 5.74) is 0. The van der Waals surface area contributed by atoms with Gasteiger partial charge < -0.3 is 10.6 Å². The number of nitrogens with one attached hydrogen (secondary N) is 2. The van der Waals surface area contributed by atoms with E-state index in [4.69, 9.17) is 0 Å². The van der Waals surface area contributed by atoms with E-state index in [0.29, 0.717) is 18.5 Å². The van der Waals surface area contributed by atoms with Crippen molar-refractivity contribution in [2.45, 2.75) is 58.5 Å². The van der Waals surface area contributed by atoms with Crippen LogP contribution in [0.2, 0.25) is 0 Å². The van der Waals surface area contributed by atoms with Gasteiger partial charge in [0.25, 0.3) is 0 Å². The van der Waals surface area contributed by atoms with Crippen LogP contribution in [0.25, 0.3) is 0 Å². The number of carbonyl (C=O) groups is 1. The van der Waals surface area contributed by atoms with Gasteiger partial charge in [0.2, 0.25) is 5.91 Å². The molecule has 1 saturated carbocycles. The maximum atomic E-state index is 11.4. The third-order valence-corrected chi connectivity index (χ3v) is 3.18. The first kappa shape index (κ1) is 12.5. The van der Waals surface area contributed by atoms with Gasteiger partial charge in [-0.15, -0.1) is 0 Å². The molecule has 0 spiro atoms. The Kier molecular flexibility index (Phi) is 5.09. The van der Waals surface area contributed by atoms with Crippen molar-refractivity contribution < 1.29 is 4.79 Å². The van der Waals surface area contributed by atoms with Gasteiger partial charge in [0.1, 0.15) is 0 Å². The number of hydrogen-bond donors (Lipinski definition) is 2. The largest absolute Gasteiger partial charge is 0.354 e. The fraction of sp³-hybridized carbons (Fsp3) is 0.917. The van der Waals surface area contributed by atoms with Crippen LogP contribution in [0.1, 0.15) is 46.5 Å². The summed E-state index contributed by atoms with van der Waals surface area (Å²) in [6.07, 6.45) is 4.15. The first-order valence-electron chi connectivity index (χ1n) is 6.14. The van der Waals surface area contributed by atoms with Crippen LogP contribution in [0.4, 0.5) is 0 Å². The second-order valence-electron chi connectivity index (χ2n) is 4.85. The maximum Gasteiger partial charge on any atom is 0.221 e. The van der Waals surface area contributed by atoms with Gasteiger partial charge in [-0.25, -0.2) is 0 Å².